The maximum atomic E-state index is 11.3. The lowest BCUT2D eigenvalue weighted by atomic mass is 10.0. The number of unbranched alkanes of at least 4 members (excludes halogenated alkanes) is 1. The molecule has 23 heavy (non-hydrogen) atoms. The van der Waals surface area contributed by atoms with Crippen LogP contribution in [0.15, 0.2) is 35.1 Å². The summed E-state index contributed by atoms with van der Waals surface area (Å²) in [6.07, 6.45) is 4.87. The van der Waals surface area contributed by atoms with Gasteiger partial charge in [0, 0.05) is 23.4 Å². The Balaban J connectivity index is 2.56. The van der Waals surface area contributed by atoms with Gasteiger partial charge in [0.05, 0.1) is 23.8 Å². The highest BCUT2D eigenvalue weighted by Gasteiger charge is 2.17. The number of furan rings is 1. The predicted molar refractivity (Wildman–Crippen MR) is 88.9 cm³/mol. The zero-order valence-electron chi connectivity index (χ0n) is 12.5. The van der Waals surface area contributed by atoms with E-state index in [1.807, 2.05) is 6.92 Å². The van der Waals surface area contributed by atoms with Crippen molar-refractivity contribution in [2.45, 2.75) is 19.8 Å². The maximum absolute atomic E-state index is 11.3. The highest BCUT2D eigenvalue weighted by molar-refractivity contribution is 7.80. The Morgan fingerprint density at radius 3 is 2.65 bits per heavy atom. The van der Waals surface area contributed by atoms with Crippen LogP contribution in [-0.2, 0) is 11.3 Å². The Morgan fingerprint density at radius 2 is 2.09 bits per heavy atom. The second-order valence-electron chi connectivity index (χ2n) is 4.90. The van der Waals surface area contributed by atoms with Gasteiger partial charge < -0.3 is 14.8 Å². The largest absolute Gasteiger partial charge is 0.478 e. The van der Waals surface area contributed by atoms with E-state index in [1.54, 1.807) is 6.07 Å². The number of rotatable bonds is 8. The van der Waals surface area contributed by atoms with Gasteiger partial charge in [0.25, 0.3) is 11.3 Å². The Labute approximate surface area is 136 Å². The van der Waals surface area contributed by atoms with Crippen LogP contribution in [0.1, 0.15) is 30.1 Å². The van der Waals surface area contributed by atoms with E-state index in [0.717, 1.165) is 12.8 Å². The van der Waals surface area contributed by atoms with E-state index in [9.17, 15) is 14.1 Å². The number of aromatic carboxylic acids is 1. The fourth-order valence-corrected chi connectivity index (χ4v) is 2.55. The number of hydrogen-bond donors (Lipinski definition) is 4. The quantitative estimate of drug-likeness (QED) is 0.433. The van der Waals surface area contributed by atoms with Crippen molar-refractivity contribution in [2.24, 2.45) is 0 Å². The number of nitrogens with one attached hydrogen (secondary N) is 2. The van der Waals surface area contributed by atoms with E-state index in [2.05, 4.69) is 10.0 Å². The van der Waals surface area contributed by atoms with Crippen molar-refractivity contribution in [1.29, 1.82) is 0 Å². The van der Waals surface area contributed by atoms with Crippen LogP contribution in [0.3, 0.4) is 0 Å². The number of carboxylic acids is 1. The molecule has 0 aliphatic rings. The second-order valence-corrected chi connectivity index (χ2v) is 5.60. The lowest BCUT2D eigenvalue weighted by Gasteiger charge is -2.16. The van der Waals surface area contributed by atoms with Gasteiger partial charge in [-0.1, -0.05) is 13.3 Å². The molecule has 0 saturated carbocycles. The van der Waals surface area contributed by atoms with Crippen LogP contribution in [0.5, 0.6) is 0 Å². The van der Waals surface area contributed by atoms with Gasteiger partial charge >= 0.3 is 5.97 Å². The normalized spacial score (nSPS) is 11.9. The highest BCUT2D eigenvalue weighted by atomic mass is 32.2. The van der Waals surface area contributed by atoms with Gasteiger partial charge in [-0.3, -0.25) is 9.27 Å². The van der Waals surface area contributed by atoms with E-state index < -0.39 is 17.2 Å². The molecule has 0 fully saturated rings. The maximum Gasteiger partial charge on any atom is 0.335 e. The summed E-state index contributed by atoms with van der Waals surface area (Å²) < 4.78 is 27.7. The van der Waals surface area contributed by atoms with Crippen LogP contribution in [0, 0.1) is 0 Å². The number of carboxylic acid groups (broad SMARTS) is 1. The standard InChI is InChI=1S/C15H18N2O5S/c1-2-3-5-16-12-7-11(15(18)19)8-13(17-23(20)21)14(12)10-4-6-22-9-10/h4,6-9,16-17H,2-3,5H2,1H3,(H,18,19)(H,20,21). The lowest BCUT2D eigenvalue weighted by molar-refractivity contribution is 0.0697. The molecular formula is C15H18N2O5S. The molecular weight excluding hydrogens is 320 g/mol. The molecule has 0 aliphatic carbocycles. The first kappa shape index (κ1) is 17.0. The van der Waals surface area contributed by atoms with Crippen molar-refractivity contribution < 1.29 is 23.1 Å². The number of carbonyl (C=O) groups is 1. The predicted octanol–water partition coefficient (Wildman–Crippen LogP) is 3.41. The summed E-state index contributed by atoms with van der Waals surface area (Å²) in [5.41, 5.74) is 2.08. The molecule has 1 atom stereocenters. The van der Waals surface area contributed by atoms with Crippen molar-refractivity contribution in [3.8, 4) is 11.1 Å². The van der Waals surface area contributed by atoms with Crippen LogP contribution in [0.4, 0.5) is 11.4 Å². The zero-order valence-corrected chi connectivity index (χ0v) is 13.4. The third-order valence-corrected chi connectivity index (χ3v) is 3.63. The van der Waals surface area contributed by atoms with Crippen molar-refractivity contribution >= 4 is 28.6 Å². The first-order valence-corrected chi connectivity index (χ1v) is 8.19. The molecule has 0 spiro atoms. The number of benzene rings is 1. The molecule has 2 aromatic rings. The van der Waals surface area contributed by atoms with E-state index in [0.29, 0.717) is 23.4 Å². The summed E-state index contributed by atoms with van der Waals surface area (Å²) in [6, 6.07) is 4.53. The van der Waals surface area contributed by atoms with Gasteiger partial charge in [0.2, 0.25) is 0 Å². The van der Waals surface area contributed by atoms with Crippen molar-refractivity contribution in [3.63, 3.8) is 0 Å². The molecule has 0 aliphatic heterocycles. The topological polar surface area (TPSA) is 112 Å². The Hall–Kier alpha value is -2.32. The first-order chi connectivity index (χ1) is 11.0. The third-order valence-electron chi connectivity index (χ3n) is 3.24. The van der Waals surface area contributed by atoms with E-state index in [-0.39, 0.29) is 11.3 Å². The van der Waals surface area contributed by atoms with Crippen molar-refractivity contribution in [3.05, 3.63) is 36.3 Å². The SMILES string of the molecule is CCCCNc1cc(C(=O)O)cc(NS(=O)O)c1-c1ccoc1. The molecule has 1 aromatic heterocycles. The summed E-state index contributed by atoms with van der Waals surface area (Å²) in [6.45, 7) is 2.71. The average molecular weight is 338 g/mol. The number of anilines is 2. The summed E-state index contributed by atoms with van der Waals surface area (Å²) in [5.74, 6) is -1.12. The smallest absolute Gasteiger partial charge is 0.335 e. The summed E-state index contributed by atoms with van der Waals surface area (Å²) in [4.78, 5) is 11.3. The van der Waals surface area contributed by atoms with Gasteiger partial charge in [0.15, 0.2) is 0 Å². The van der Waals surface area contributed by atoms with Crippen LogP contribution in [-0.4, -0.2) is 26.4 Å². The molecule has 4 N–H and O–H groups in total. The third kappa shape index (κ3) is 4.33. The number of hydrogen-bond acceptors (Lipinski definition) is 4. The minimum atomic E-state index is -2.33. The second kappa shape index (κ2) is 7.80. The highest BCUT2D eigenvalue weighted by Crippen LogP contribution is 2.37. The van der Waals surface area contributed by atoms with E-state index in [4.69, 9.17) is 8.97 Å². The van der Waals surface area contributed by atoms with Crippen molar-refractivity contribution in [2.75, 3.05) is 16.6 Å². The van der Waals surface area contributed by atoms with Crippen LogP contribution < -0.4 is 10.0 Å². The van der Waals surface area contributed by atoms with Gasteiger partial charge in [-0.05, 0) is 24.6 Å². The lowest BCUT2D eigenvalue weighted by Crippen LogP contribution is -2.10. The van der Waals surface area contributed by atoms with Crippen LogP contribution in [0.25, 0.3) is 11.1 Å². The van der Waals surface area contributed by atoms with Gasteiger partial charge in [-0.25, -0.2) is 9.00 Å². The molecule has 0 bridgehead atoms. The molecule has 8 heteroatoms. The summed E-state index contributed by atoms with van der Waals surface area (Å²) >= 11 is -2.33. The molecule has 7 nitrogen and oxygen atoms in total. The van der Waals surface area contributed by atoms with Crippen LogP contribution >= 0.6 is 0 Å². The molecule has 1 unspecified atom stereocenters. The summed E-state index contributed by atoms with van der Waals surface area (Å²) in [7, 11) is 0. The average Bonchev–Trinajstić information content (AvgIpc) is 3.00. The van der Waals surface area contributed by atoms with Crippen molar-refractivity contribution in [1.82, 2.24) is 0 Å². The molecule has 0 radical (unpaired) electrons. The monoisotopic (exact) mass is 338 g/mol. The summed E-state index contributed by atoms with van der Waals surface area (Å²) in [5, 5.41) is 12.4. The molecule has 1 aromatic carbocycles. The first-order valence-electron chi connectivity index (χ1n) is 7.08. The minimum Gasteiger partial charge on any atom is -0.478 e. The Kier molecular flexibility index (Phi) is 5.78. The molecule has 1 heterocycles. The molecule has 2 rings (SSSR count). The minimum absolute atomic E-state index is 0.0178. The molecule has 0 saturated heterocycles. The fourth-order valence-electron chi connectivity index (χ4n) is 2.20. The van der Waals surface area contributed by atoms with Crippen LogP contribution in [0.2, 0.25) is 0 Å². The molecule has 124 valence electrons. The fraction of sp³-hybridized carbons (Fsp3) is 0.267. The van der Waals surface area contributed by atoms with E-state index >= 15 is 0 Å². The van der Waals surface area contributed by atoms with E-state index in [1.165, 1.54) is 24.7 Å². The zero-order chi connectivity index (χ0) is 16.8. The van der Waals surface area contributed by atoms with Gasteiger partial charge in [0.1, 0.15) is 0 Å². The van der Waals surface area contributed by atoms with Gasteiger partial charge in [-0.2, -0.15) is 0 Å². The molecule has 0 amide bonds. The van der Waals surface area contributed by atoms with Gasteiger partial charge in [-0.15, -0.1) is 0 Å². The Bertz CT molecular complexity index is 700. The Morgan fingerprint density at radius 1 is 1.35 bits per heavy atom.